The van der Waals surface area contributed by atoms with Gasteiger partial charge in [0.05, 0.1) is 36.2 Å². The molecule has 0 unspecified atom stereocenters. The number of benzene rings is 2. The molecular formula is C33H41N9O2. The van der Waals surface area contributed by atoms with Crippen molar-refractivity contribution in [3.05, 3.63) is 60.2 Å². The van der Waals surface area contributed by atoms with E-state index in [-0.39, 0.29) is 6.04 Å². The maximum atomic E-state index is 6.47. The third-order valence-electron chi connectivity index (χ3n) is 9.42. The first-order chi connectivity index (χ1) is 21.6. The van der Waals surface area contributed by atoms with Gasteiger partial charge in [0.2, 0.25) is 0 Å². The Hall–Kier alpha value is -4.06. The topological polar surface area (TPSA) is 123 Å². The quantitative estimate of drug-likeness (QED) is 0.257. The van der Waals surface area contributed by atoms with Gasteiger partial charge < -0.3 is 20.2 Å². The maximum Gasteiger partial charge on any atom is 0.164 e. The van der Waals surface area contributed by atoms with Crippen molar-refractivity contribution in [3.8, 4) is 17.0 Å². The van der Waals surface area contributed by atoms with Crippen LogP contribution in [0, 0.1) is 0 Å². The van der Waals surface area contributed by atoms with Crippen molar-refractivity contribution in [2.75, 3.05) is 59.3 Å². The summed E-state index contributed by atoms with van der Waals surface area (Å²) in [4.78, 5) is 22.6. The van der Waals surface area contributed by atoms with Gasteiger partial charge in [0, 0.05) is 63.4 Å². The zero-order valence-corrected chi connectivity index (χ0v) is 25.6. The lowest BCUT2D eigenvalue weighted by molar-refractivity contribution is 0.0572. The monoisotopic (exact) mass is 595 g/mol. The van der Waals surface area contributed by atoms with Crippen LogP contribution < -0.4 is 10.5 Å². The first-order valence-electron chi connectivity index (χ1n) is 15.7. The number of aromatic amines is 1. The molecular weight excluding hydrogens is 554 g/mol. The minimum absolute atomic E-state index is 0.281. The first-order valence-corrected chi connectivity index (χ1v) is 15.7. The van der Waals surface area contributed by atoms with Crippen LogP contribution in [0.1, 0.15) is 43.1 Å². The van der Waals surface area contributed by atoms with Crippen LogP contribution in [0.3, 0.4) is 0 Å². The number of nitrogen functional groups attached to an aromatic ring is 1. The second-order valence-electron chi connectivity index (χ2n) is 12.0. The van der Waals surface area contributed by atoms with E-state index in [1.165, 1.54) is 0 Å². The van der Waals surface area contributed by atoms with Crippen molar-refractivity contribution in [1.82, 2.24) is 39.5 Å². The molecule has 1 aliphatic heterocycles. The number of fused-ring (bicyclic) bond motifs is 2. The van der Waals surface area contributed by atoms with Gasteiger partial charge in [-0.1, -0.05) is 24.3 Å². The Morgan fingerprint density at radius 3 is 2.55 bits per heavy atom. The van der Waals surface area contributed by atoms with Crippen LogP contribution >= 0.6 is 0 Å². The van der Waals surface area contributed by atoms with Crippen LogP contribution in [0.15, 0.2) is 48.8 Å². The standard InChI is InChI=1S/C33H41N9O2/c1-43-18-17-40-13-15-41(16-14-40)24-8-10-25(11-9-24)42-33-30(32(34)35-21-36-33)31(39-42)23-7-12-26-27(19-23)38-29(37-26)20-22-5-3-4-6-28(22)44-2/h3-7,12,19,21,24-25H,8-11,13-18,20H2,1-2H3,(H,37,38)(H2,34,35,36)/t24-,25-. The van der Waals surface area contributed by atoms with Crippen molar-refractivity contribution >= 4 is 27.9 Å². The molecule has 3 N–H and O–H groups in total. The van der Waals surface area contributed by atoms with Gasteiger partial charge in [-0.05, 0) is 43.9 Å². The van der Waals surface area contributed by atoms with E-state index in [4.69, 9.17) is 25.3 Å². The highest BCUT2D eigenvalue weighted by atomic mass is 16.5. The maximum absolute atomic E-state index is 6.47. The Morgan fingerprint density at radius 2 is 1.75 bits per heavy atom. The van der Waals surface area contributed by atoms with Gasteiger partial charge in [-0.25, -0.2) is 19.6 Å². The molecule has 7 rings (SSSR count). The third kappa shape index (κ3) is 5.62. The van der Waals surface area contributed by atoms with E-state index in [0.29, 0.717) is 18.3 Å². The Balaban J connectivity index is 1.11. The molecule has 2 fully saturated rings. The lowest BCUT2D eigenvalue weighted by Crippen LogP contribution is -2.51. The van der Waals surface area contributed by atoms with E-state index in [9.17, 15) is 0 Å². The molecule has 0 amide bonds. The molecule has 11 heteroatoms. The molecule has 4 heterocycles. The molecule has 5 aromatic rings. The molecule has 2 aromatic carbocycles. The van der Waals surface area contributed by atoms with Crippen LogP contribution in [0.4, 0.5) is 5.82 Å². The lowest BCUT2D eigenvalue weighted by Gasteiger charge is -2.42. The fourth-order valence-electron chi connectivity index (χ4n) is 7.02. The molecule has 0 radical (unpaired) electrons. The molecule has 0 atom stereocenters. The van der Waals surface area contributed by atoms with E-state index >= 15 is 0 Å². The van der Waals surface area contributed by atoms with E-state index in [1.54, 1.807) is 20.5 Å². The Kier molecular flexibility index (Phi) is 8.16. The van der Waals surface area contributed by atoms with Crippen LogP contribution in [-0.2, 0) is 11.2 Å². The Labute approximate surface area is 257 Å². The SMILES string of the molecule is COCCN1CCN([C@H]2CC[C@H](n3nc(-c4ccc5nc(Cc6ccccc6OC)[nH]c5c4)c4c(N)ncnc43)CC2)CC1. The number of hydrogen-bond donors (Lipinski definition) is 2. The highest BCUT2D eigenvalue weighted by Crippen LogP contribution is 2.37. The number of rotatable bonds is 9. The fourth-order valence-corrected chi connectivity index (χ4v) is 7.02. The summed E-state index contributed by atoms with van der Waals surface area (Å²) >= 11 is 0. The molecule has 1 aliphatic carbocycles. The number of para-hydroxylation sites is 1. The van der Waals surface area contributed by atoms with Gasteiger partial charge in [0.25, 0.3) is 0 Å². The second kappa shape index (κ2) is 12.5. The van der Waals surface area contributed by atoms with E-state index in [2.05, 4.69) is 47.6 Å². The predicted octanol–water partition coefficient (Wildman–Crippen LogP) is 4.30. The average Bonchev–Trinajstić information content (AvgIpc) is 3.66. The molecule has 11 nitrogen and oxygen atoms in total. The average molecular weight is 596 g/mol. The highest BCUT2D eigenvalue weighted by Gasteiger charge is 2.31. The van der Waals surface area contributed by atoms with Gasteiger partial charge in [-0.3, -0.25) is 9.80 Å². The van der Waals surface area contributed by atoms with E-state index < -0.39 is 0 Å². The smallest absolute Gasteiger partial charge is 0.164 e. The predicted molar refractivity (Wildman–Crippen MR) is 172 cm³/mol. The summed E-state index contributed by atoms with van der Waals surface area (Å²) in [5.41, 5.74) is 12.0. The molecule has 0 spiro atoms. The number of aromatic nitrogens is 6. The summed E-state index contributed by atoms with van der Waals surface area (Å²) in [5, 5.41) is 5.99. The van der Waals surface area contributed by atoms with Crippen molar-refractivity contribution in [2.24, 2.45) is 0 Å². The largest absolute Gasteiger partial charge is 0.496 e. The highest BCUT2D eigenvalue weighted by molar-refractivity contribution is 5.99. The zero-order chi connectivity index (χ0) is 30.0. The van der Waals surface area contributed by atoms with Crippen molar-refractivity contribution in [1.29, 1.82) is 0 Å². The van der Waals surface area contributed by atoms with Crippen molar-refractivity contribution in [2.45, 2.75) is 44.2 Å². The van der Waals surface area contributed by atoms with Gasteiger partial charge >= 0.3 is 0 Å². The van der Waals surface area contributed by atoms with Crippen LogP contribution in [0.5, 0.6) is 5.75 Å². The number of nitrogens with one attached hydrogen (secondary N) is 1. The van der Waals surface area contributed by atoms with Crippen LogP contribution in [-0.4, -0.2) is 99.1 Å². The number of piperazine rings is 1. The van der Waals surface area contributed by atoms with Gasteiger partial charge in [-0.2, -0.15) is 5.10 Å². The molecule has 2 aliphatic rings. The van der Waals surface area contributed by atoms with E-state index in [0.717, 1.165) is 115 Å². The van der Waals surface area contributed by atoms with Crippen molar-refractivity contribution < 1.29 is 9.47 Å². The molecule has 230 valence electrons. The number of nitrogens with zero attached hydrogens (tertiary/aromatic N) is 7. The first kappa shape index (κ1) is 28.7. The second-order valence-corrected chi connectivity index (χ2v) is 12.0. The molecule has 44 heavy (non-hydrogen) atoms. The summed E-state index contributed by atoms with van der Waals surface area (Å²) in [5.74, 6) is 2.20. The molecule has 3 aromatic heterocycles. The normalized spacial score (nSPS) is 20.0. The number of H-pyrrole nitrogens is 1. The molecule has 1 saturated carbocycles. The molecule has 0 bridgehead atoms. The fraction of sp³-hybridized carbons (Fsp3) is 0.455. The minimum atomic E-state index is 0.281. The number of nitrogens with two attached hydrogens (primary N) is 1. The summed E-state index contributed by atoms with van der Waals surface area (Å²) < 4.78 is 12.9. The van der Waals surface area contributed by atoms with E-state index in [1.807, 2.05) is 24.3 Å². The Bertz CT molecular complexity index is 1730. The minimum Gasteiger partial charge on any atom is -0.496 e. The summed E-state index contributed by atoms with van der Waals surface area (Å²) in [6.45, 7) is 6.33. The van der Waals surface area contributed by atoms with Crippen LogP contribution in [0.25, 0.3) is 33.3 Å². The number of methoxy groups -OCH3 is 2. The van der Waals surface area contributed by atoms with Gasteiger partial charge in [0.15, 0.2) is 5.65 Å². The number of hydrogen-bond acceptors (Lipinski definition) is 9. The zero-order valence-electron chi connectivity index (χ0n) is 25.6. The lowest BCUT2D eigenvalue weighted by atomic mass is 9.90. The summed E-state index contributed by atoms with van der Waals surface area (Å²) in [7, 11) is 3.47. The summed E-state index contributed by atoms with van der Waals surface area (Å²) in [6.07, 6.45) is 6.67. The molecule has 1 saturated heterocycles. The number of imidazole rings is 1. The third-order valence-corrected chi connectivity index (χ3v) is 9.42. The number of anilines is 1. The Morgan fingerprint density at radius 1 is 0.955 bits per heavy atom. The van der Waals surface area contributed by atoms with Crippen LogP contribution in [0.2, 0.25) is 0 Å². The van der Waals surface area contributed by atoms with Crippen molar-refractivity contribution in [3.63, 3.8) is 0 Å². The van der Waals surface area contributed by atoms with Gasteiger partial charge in [-0.15, -0.1) is 0 Å². The van der Waals surface area contributed by atoms with Gasteiger partial charge in [0.1, 0.15) is 29.4 Å². The number of ether oxygens (including phenoxy) is 2. The summed E-state index contributed by atoms with van der Waals surface area (Å²) in [6, 6.07) is 15.2.